The van der Waals surface area contributed by atoms with Crippen LogP contribution in [0.4, 0.5) is 0 Å². The number of allylic oxidation sites excluding steroid dienone is 1. The van der Waals surface area contributed by atoms with E-state index in [0.717, 1.165) is 0 Å². The molecule has 1 aliphatic rings. The van der Waals surface area contributed by atoms with Gasteiger partial charge in [0.25, 0.3) is 10.1 Å². The molecule has 2 rings (SSSR count). The molecule has 0 bridgehead atoms. The van der Waals surface area contributed by atoms with Crippen LogP contribution in [0.3, 0.4) is 0 Å². The summed E-state index contributed by atoms with van der Waals surface area (Å²) in [5.41, 5.74) is 1.11. The van der Waals surface area contributed by atoms with Gasteiger partial charge in [0.2, 0.25) is 0 Å². The van der Waals surface area contributed by atoms with Crippen molar-refractivity contribution in [2.45, 2.75) is 4.90 Å². The van der Waals surface area contributed by atoms with Crippen molar-refractivity contribution in [3.8, 4) is 0 Å². The highest BCUT2D eigenvalue weighted by atomic mass is 32.2. The molecule has 0 aliphatic heterocycles. The first-order valence-electron chi connectivity index (χ1n) is 4.37. The zero-order valence-corrected chi connectivity index (χ0v) is 8.88. The molecule has 0 amide bonds. The molecule has 6 heteroatoms. The fourth-order valence-corrected chi connectivity index (χ4v) is 1.98. The van der Waals surface area contributed by atoms with Crippen molar-refractivity contribution in [2.24, 2.45) is 0 Å². The highest BCUT2D eigenvalue weighted by Gasteiger charge is 2.17. The van der Waals surface area contributed by atoms with Crippen molar-refractivity contribution < 1.29 is 13.0 Å². The predicted molar refractivity (Wildman–Crippen MR) is 59.8 cm³/mol. The van der Waals surface area contributed by atoms with E-state index < -0.39 is 10.1 Å². The maximum absolute atomic E-state index is 10.9. The maximum atomic E-state index is 10.9. The average Bonchev–Trinajstić information content (AvgIpc) is 2.22. The summed E-state index contributed by atoms with van der Waals surface area (Å²) in [4.78, 5) is -0.211. The summed E-state index contributed by atoms with van der Waals surface area (Å²) >= 11 is 0. The molecule has 0 fully saturated rings. The van der Waals surface area contributed by atoms with Crippen LogP contribution in [0.1, 0.15) is 11.1 Å². The van der Waals surface area contributed by atoms with Gasteiger partial charge in [0.15, 0.2) is 0 Å². The van der Waals surface area contributed by atoms with E-state index >= 15 is 0 Å². The van der Waals surface area contributed by atoms with Gasteiger partial charge >= 0.3 is 0 Å². The number of rotatable bonds is 1. The third-order valence-electron chi connectivity index (χ3n) is 2.29. The van der Waals surface area contributed by atoms with Crippen LogP contribution in [0.5, 0.6) is 0 Å². The quantitative estimate of drug-likeness (QED) is 0.641. The molecule has 0 atom stereocenters. The van der Waals surface area contributed by atoms with Gasteiger partial charge < -0.3 is 0 Å². The van der Waals surface area contributed by atoms with Gasteiger partial charge in [-0.1, -0.05) is 12.1 Å². The SMILES string of the molecule is N=C1C=Cc2cc(S(=O)(=O)O)ccc2C1=N. The van der Waals surface area contributed by atoms with Crippen molar-refractivity contribution in [3.63, 3.8) is 0 Å². The Hall–Kier alpha value is -1.79. The summed E-state index contributed by atoms with van der Waals surface area (Å²) in [6.45, 7) is 0. The van der Waals surface area contributed by atoms with Crippen molar-refractivity contribution in [2.75, 3.05) is 0 Å². The molecule has 0 spiro atoms. The fraction of sp³-hybridized carbons (Fsp3) is 0. The molecule has 0 radical (unpaired) electrons. The summed E-state index contributed by atoms with van der Waals surface area (Å²) in [5.74, 6) is 0. The zero-order valence-electron chi connectivity index (χ0n) is 8.06. The van der Waals surface area contributed by atoms with E-state index in [1.165, 1.54) is 24.3 Å². The van der Waals surface area contributed by atoms with Gasteiger partial charge in [-0.2, -0.15) is 8.42 Å². The normalized spacial score (nSPS) is 15.1. The standard InChI is InChI=1S/C10H8N2O3S/c11-9-4-1-6-5-7(16(13,14)15)2-3-8(6)10(9)12/h1-5,11-12H,(H,13,14,15). The fourth-order valence-electron chi connectivity index (χ4n) is 1.47. The highest BCUT2D eigenvalue weighted by molar-refractivity contribution is 7.85. The van der Waals surface area contributed by atoms with Gasteiger partial charge in [0, 0.05) is 5.56 Å². The molecule has 16 heavy (non-hydrogen) atoms. The first-order chi connectivity index (χ1) is 7.39. The van der Waals surface area contributed by atoms with Gasteiger partial charge in [0.1, 0.15) is 0 Å². The Bertz CT molecular complexity index is 629. The van der Waals surface area contributed by atoms with E-state index in [-0.39, 0.29) is 16.3 Å². The summed E-state index contributed by atoms with van der Waals surface area (Å²) in [7, 11) is -4.23. The lowest BCUT2D eigenvalue weighted by Gasteiger charge is -2.12. The lowest BCUT2D eigenvalue weighted by atomic mass is 9.94. The Kier molecular flexibility index (Phi) is 2.25. The monoisotopic (exact) mass is 236 g/mol. The topological polar surface area (TPSA) is 102 Å². The molecule has 82 valence electrons. The largest absolute Gasteiger partial charge is 0.299 e. The predicted octanol–water partition coefficient (Wildman–Crippen LogP) is 1.35. The smallest absolute Gasteiger partial charge is 0.294 e. The van der Waals surface area contributed by atoms with Crippen LogP contribution in [0.15, 0.2) is 29.2 Å². The van der Waals surface area contributed by atoms with Gasteiger partial charge in [0.05, 0.1) is 16.3 Å². The minimum Gasteiger partial charge on any atom is -0.299 e. The molecule has 0 unspecified atom stereocenters. The lowest BCUT2D eigenvalue weighted by molar-refractivity contribution is 0.483. The van der Waals surface area contributed by atoms with E-state index in [0.29, 0.717) is 11.1 Å². The average molecular weight is 236 g/mol. The third kappa shape index (κ3) is 1.68. The summed E-state index contributed by atoms with van der Waals surface area (Å²) in [6, 6.07) is 3.91. The Labute approximate surface area is 92.2 Å². The van der Waals surface area contributed by atoms with Crippen LogP contribution in [-0.4, -0.2) is 24.4 Å². The van der Waals surface area contributed by atoms with Crippen LogP contribution < -0.4 is 0 Å². The van der Waals surface area contributed by atoms with Crippen molar-refractivity contribution in [1.29, 1.82) is 10.8 Å². The molecule has 1 aliphatic carbocycles. The van der Waals surface area contributed by atoms with E-state index in [2.05, 4.69) is 0 Å². The molecule has 0 saturated heterocycles. The second-order valence-electron chi connectivity index (χ2n) is 3.35. The minimum absolute atomic E-state index is 0.0411. The summed E-state index contributed by atoms with van der Waals surface area (Å²) in [6.07, 6.45) is 2.96. The van der Waals surface area contributed by atoms with Gasteiger partial charge in [-0.05, 0) is 23.8 Å². The maximum Gasteiger partial charge on any atom is 0.294 e. The molecule has 0 heterocycles. The van der Waals surface area contributed by atoms with E-state index in [4.69, 9.17) is 15.4 Å². The minimum atomic E-state index is -4.23. The summed E-state index contributed by atoms with van der Waals surface area (Å²) in [5, 5.41) is 15.0. The molecule has 0 aromatic heterocycles. The van der Waals surface area contributed by atoms with Crippen LogP contribution in [0.2, 0.25) is 0 Å². The van der Waals surface area contributed by atoms with Crippen LogP contribution >= 0.6 is 0 Å². The van der Waals surface area contributed by atoms with E-state index in [1.54, 1.807) is 6.08 Å². The molecule has 1 aromatic carbocycles. The van der Waals surface area contributed by atoms with Crippen LogP contribution in [0, 0.1) is 10.8 Å². The number of hydrogen-bond donors (Lipinski definition) is 3. The Morgan fingerprint density at radius 1 is 1.12 bits per heavy atom. The number of nitrogens with one attached hydrogen (secondary N) is 2. The van der Waals surface area contributed by atoms with Crippen LogP contribution in [-0.2, 0) is 10.1 Å². The molecule has 1 aromatic rings. The van der Waals surface area contributed by atoms with Gasteiger partial charge in [-0.25, -0.2) is 0 Å². The lowest BCUT2D eigenvalue weighted by Crippen LogP contribution is -2.16. The van der Waals surface area contributed by atoms with Crippen molar-refractivity contribution in [3.05, 3.63) is 35.4 Å². The molecule has 5 nitrogen and oxygen atoms in total. The number of hydrogen-bond acceptors (Lipinski definition) is 4. The first kappa shape index (κ1) is 10.7. The third-order valence-corrected chi connectivity index (χ3v) is 3.14. The van der Waals surface area contributed by atoms with Gasteiger partial charge in [-0.3, -0.25) is 15.4 Å². The molecular weight excluding hydrogens is 228 g/mol. The zero-order chi connectivity index (χ0) is 11.9. The van der Waals surface area contributed by atoms with Gasteiger partial charge in [-0.15, -0.1) is 0 Å². The second kappa shape index (κ2) is 3.36. The van der Waals surface area contributed by atoms with Crippen molar-refractivity contribution in [1.82, 2.24) is 0 Å². The molecule has 3 N–H and O–H groups in total. The molecule has 0 saturated carbocycles. The Morgan fingerprint density at radius 3 is 2.44 bits per heavy atom. The number of fused-ring (bicyclic) bond motifs is 1. The second-order valence-corrected chi connectivity index (χ2v) is 4.77. The Morgan fingerprint density at radius 2 is 1.81 bits per heavy atom. The van der Waals surface area contributed by atoms with Crippen LogP contribution in [0.25, 0.3) is 6.08 Å². The van der Waals surface area contributed by atoms with E-state index in [9.17, 15) is 8.42 Å². The first-order valence-corrected chi connectivity index (χ1v) is 5.81. The summed E-state index contributed by atoms with van der Waals surface area (Å²) < 4.78 is 30.7. The number of benzene rings is 1. The molecular formula is C10H8N2O3S. The van der Waals surface area contributed by atoms with E-state index in [1.807, 2.05) is 0 Å². The highest BCUT2D eigenvalue weighted by Crippen LogP contribution is 2.21. The Balaban J connectivity index is 2.65. The van der Waals surface area contributed by atoms with Crippen molar-refractivity contribution >= 4 is 27.6 Å².